The Morgan fingerprint density at radius 3 is 1.02 bits per heavy atom. The zero-order chi connectivity index (χ0) is 80.6. The number of amidine groups is 10. The summed E-state index contributed by atoms with van der Waals surface area (Å²) in [6.45, 7) is 0. The van der Waals surface area contributed by atoms with Gasteiger partial charge in [0.15, 0.2) is 35.0 Å². The van der Waals surface area contributed by atoms with Gasteiger partial charge in [-0.2, -0.15) is 0 Å². The molecule has 27 rings (SSSR count). The summed E-state index contributed by atoms with van der Waals surface area (Å²) in [5, 5.41) is 0. The van der Waals surface area contributed by atoms with E-state index in [4.69, 9.17) is 20.0 Å². The Balaban J connectivity index is 0.000000108. The molecule has 0 unspecified atom stereocenters. The van der Waals surface area contributed by atoms with Crippen LogP contribution < -0.4 is 49.8 Å². The first kappa shape index (κ1) is 83.0. The summed E-state index contributed by atoms with van der Waals surface area (Å²) in [6, 6.07) is 35.3. The zero-order valence-electron chi connectivity index (χ0n) is 63.9. The standard InChI is InChI=1S/C26H14N8.C18H10N4.C16H8N6.C14H6N8.C12H4N10.5Pt/c1-3-7-15(8-4-1)21-17-11-27-23(31-17)25-29-13-19(33-25)22(16-9-5-2-6-10-16)20-14-30-26(34-20)24-28-12-18(21)32-24;1-5-15-16-6-3-13(21-16)10-14-4-8-18(22-14)17-7-2-12(20-17)9-11(1)19-15;1-5-13-17-9(1)10-2-6-14(18-10)22-16-8-4-12(20-16)11-3-7-15(19-11)21-13;1-7-3-15-11(19-7)13-17-5-9(21-13)2-10-6-18-14(22-10)12-16-4-8(1)20-12;1-5-17-6-2-15-11(20-6)12-16-4-8(22-12)18-7-3-14-10(21-7)9(13-1)19-5;;;;;/h1-14H;1-10H;1-8H;1-6H;1-4H;;;;;/q5*-2;5*+2. The van der Waals surface area contributed by atoms with Crippen LogP contribution in [0.3, 0.4) is 0 Å². The van der Waals surface area contributed by atoms with Crippen LogP contribution in [0.4, 0.5) is 23.3 Å². The van der Waals surface area contributed by atoms with Crippen molar-refractivity contribution in [2.75, 3.05) is 0 Å². The van der Waals surface area contributed by atoms with Crippen molar-refractivity contribution in [3.63, 3.8) is 0 Å². The maximum atomic E-state index is 4.77. The number of aliphatic imine (C=N–C) groups is 20. The minimum absolute atomic E-state index is 0. The van der Waals surface area contributed by atoms with Crippen molar-refractivity contribution in [2.45, 2.75) is 0 Å². The van der Waals surface area contributed by atoms with Crippen molar-refractivity contribution in [2.24, 2.45) is 99.8 Å². The summed E-state index contributed by atoms with van der Waals surface area (Å²) in [7, 11) is 0. The van der Waals surface area contributed by atoms with E-state index in [-0.39, 0.29) is 105 Å². The summed E-state index contributed by atoms with van der Waals surface area (Å²) >= 11 is 0. The van der Waals surface area contributed by atoms with Gasteiger partial charge in [0.1, 0.15) is 11.7 Å². The number of rotatable bonds is 2. The average Bonchev–Trinajstić information content (AvgIpc) is 1.62. The van der Waals surface area contributed by atoms with E-state index in [9.17, 15) is 0 Å². The monoisotopic (exact) mass is 2550 g/mol. The van der Waals surface area contributed by atoms with Crippen LogP contribution in [0.15, 0.2) is 329 Å². The van der Waals surface area contributed by atoms with E-state index in [0.29, 0.717) is 162 Å². The molecule has 36 nitrogen and oxygen atoms in total. The predicted molar refractivity (Wildman–Crippen MR) is 462 cm³/mol. The van der Waals surface area contributed by atoms with E-state index in [2.05, 4.69) is 160 Å². The third-order valence-electron chi connectivity index (χ3n) is 19.1. The van der Waals surface area contributed by atoms with Gasteiger partial charge in [-0.1, -0.05) is 158 Å². The molecule has 127 heavy (non-hydrogen) atoms. The molecule has 0 spiro atoms. The van der Waals surface area contributed by atoms with Crippen molar-refractivity contribution in [3.8, 4) is 0 Å². The summed E-state index contributed by atoms with van der Waals surface area (Å²) < 4.78 is 0. The van der Waals surface area contributed by atoms with Crippen molar-refractivity contribution < 1.29 is 105 Å². The van der Waals surface area contributed by atoms with Gasteiger partial charge in [0, 0.05) is 34.2 Å². The molecular formula is C86H42N36Pt5. The molecule has 10 aromatic heterocycles. The second-order valence-electron chi connectivity index (χ2n) is 27.3. The SMILES string of the molecule is C1=CC2=NC1=Cc1ccc([n-]1)C1=NC(=Cc3ccc2[n-]3)C=C1.C1=CC2=NC1=Nc1ccc([n-]1)C1=NC(=Nc3ccc2[n-]3)C=C1.C1=NC2=NC1=C(c1ccccc1)c1cnc([n-]1)C1=NC(=C(c3ccccc3)c3cnc2[n-]3)C=N1.C1=NC2=NC1=Cc1cnc([n-]1)C1=NC(=Cc3cnc2[n-]3)C=N1.C1=NC2=NC1=Nc1cnc([n-]1)C1=NC(=Nc3cnc2[n-]3)C=N1.[Pt+2].[Pt+2].[Pt+2].[Pt+2].[Pt+2]. The molecule has 0 saturated carbocycles. The molecule has 15 aliphatic heterocycles. The van der Waals surface area contributed by atoms with Crippen LogP contribution in [0.2, 0.25) is 0 Å². The van der Waals surface area contributed by atoms with Crippen LogP contribution in [-0.2, 0) is 105 Å². The number of benzene rings is 2. The first-order valence-electron chi connectivity index (χ1n) is 37.4. The predicted octanol–water partition coefficient (Wildman–Crippen LogP) is 8.36. The average molecular weight is 2550 g/mol. The molecule has 0 N–H and O–H groups in total. The summed E-state index contributed by atoms with van der Waals surface area (Å²) in [5.41, 5.74) is 19.2. The van der Waals surface area contributed by atoms with Crippen molar-refractivity contribution in [3.05, 3.63) is 332 Å². The van der Waals surface area contributed by atoms with E-state index < -0.39 is 0 Å². The minimum Gasteiger partial charge on any atom is -0.656 e. The second-order valence-corrected chi connectivity index (χ2v) is 27.3. The number of allylic oxidation sites excluding steroid dienone is 10. The molecular weight excluding hydrogens is 2510 g/mol. The molecule has 41 heteroatoms. The van der Waals surface area contributed by atoms with Gasteiger partial charge in [-0.15, -0.1) is 22.8 Å². The molecule has 0 radical (unpaired) electrons. The van der Waals surface area contributed by atoms with E-state index in [1.54, 1.807) is 61.8 Å². The van der Waals surface area contributed by atoms with Crippen LogP contribution in [0.5, 0.6) is 0 Å². The molecule has 0 aliphatic carbocycles. The van der Waals surface area contributed by atoms with Gasteiger partial charge in [-0.3, -0.25) is 20.0 Å². The van der Waals surface area contributed by atoms with Gasteiger partial charge in [-0.05, 0) is 142 Å². The topological polar surface area (TPSA) is 466 Å². The molecule has 0 amide bonds. The third-order valence-corrected chi connectivity index (χ3v) is 19.1. The molecule has 25 heterocycles. The van der Waals surface area contributed by atoms with Crippen molar-refractivity contribution in [1.82, 2.24) is 79.7 Å². The molecule has 0 saturated heterocycles. The van der Waals surface area contributed by atoms with Crippen LogP contribution in [0.1, 0.15) is 103 Å². The minimum atomic E-state index is 0. The zero-order valence-corrected chi connectivity index (χ0v) is 75.3. The Labute approximate surface area is 787 Å². The fourth-order valence-electron chi connectivity index (χ4n) is 13.6. The van der Waals surface area contributed by atoms with Gasteiger partial charge < -0.3 is 99.7 Å². The van der Waals surface area contributed by atoms with E-state index in [1.165, 1.54) is 24.8 Å². The first-order chi connectivity index (χ1) is 60.2. The summed E-state index contributed by atoms with van der Waals surface area (Å²) in [6.07, 6.45) is 42.5. The molecule has 40 bridgehead atoms. The van der Waals surface area contributed by atoms with Gasteiger partial charge in [-0.25, -0.2) is 59.9 Å². The van der Waals surface area contributed by atoms with E-state index in [0.717, 1.165) is 90.7 Å². The molecule has 616 valence electrons. The Bertz CT molecular complexity index is 6510. The quantitative estimate of drug-likeness (QED) is 0.157. The van der Waals surface area contributed by atoms with Crippen molar-refractivity contribution in [1.29, 1.82) is 0 Å². The number of imidazole rings is 6. The molecule has 0 atom stereocenters. The van der Waals surface area contributed by atoms with Gasteiger partial charge in [0.05, 0.1) is 106 Å². The number of fused-ring (bicyclic) bond motifs is 40. The Kier molecular flexibility index (Phi) is 23.1. The normalized spacial score (nSPS) is 16.7. The molecule has 15 aliphatic rings. The summed E-state index contributed by atoms with van der Waals surface area (Å²) in [4.78, 5) is 159. The number of hydrogen-bond donors (Lipinski definition) is 0. The molecule has 2 aromatic carbocycles. The van der Waals surface area contributed by atoms with Gasteiger partial charge in [0.25, 0.3) is 0 Å². The molecule has 12 aromatic rings. The molecule has 0 fully saturated rings. The number of nitrogens with zero attached hydrogens (tertiary/aromatic N) is 36. The fraction of sp³-hybridized carbons (Fsp3) is 0. The Hall–Kier alpha value is -14.9. The smallest absolute Gasteiger partial charge is 0.656 e. The first-order valence-corrected chi connectivity index (χ1v) is 37.4. The van der Waals surface area contributed by atoms with Gasteiger partial charge >= 0.3 is 105 Å². The number of hydrogen-bond acceptors (Lipinski definition) is 26. The maximum absolute atomic E-state index is 4.77. The summed E-state index contributed by atoms with van der Waals surface area (Å²) in [5.74, 6) is 9.38. The third kappa shape index (κ3) is 17.2. The Morgan fingerprint density at radius 1 is 0.205 bits per heavy atom. The fourth-order valence-corrected chi connectivity index (χ4v) is 13.6. The van der Waals surface area contributed by atoms with Crippen molar-refractivity contribution >= 4 is 177 Å². The maximum Gasteiger partial charge on any atom is 2.00 e. The van der Waals surface area contributed by atoms with Crippen LogP contribution in [0, 0.1) is 0 Å². The van der Waals surface area contributed by atoms with Gasteiger partial charge in [0.2, 0.25) is 0 Å². The van der Waals surface area contributed by atoms with Crippen LogP contribution in [0.25, 0.3) is 35.5 Å². The van der Waals surface area contributed by atoms with Crippen LogP contribution in [-0.4, -0.2) is 148 Å². The van der Waals surface area contributed by atoms with E-state index in [1.807, 2.05) is 170 Å². The van der Waals surface area contributed by atoms with E-state index >= 15 is 0 Å². The largest absolute Gasteiger partial charge is 2.00 e. The second kappa shape index (κ2) is 35.4. The number of aromatic nitrogens is 16. The Morgan fingerprint density at radius 2 is 0.559 bits per heavy atom. The van der Waals surface area contributed by atoms with Crippen LogP contribution >= 0.6 is 0 Å².